The highest BCUT2D eigenvalue weighted by molar-refractivity contribution is 7.90. The Hall–Kier alpha value is -1.41. The Morgan fingerprint density at radius 2 is 1.86 bits per heavy atom. The van der Waals surface area contributed by atoms with Gasteiger partial charge in [0.1, 0.15) is 0 Å². The van der Waals surface area contributed by atoms with Crippen LogP contribution in [0.25, 0.3) is 0 Å². The number of nitrogens with one attached hydrogen (secondary N) is 2. The van der Waals surface area contributed by atoms with Crippen LogP contribution in [0.5, 0.6) is 5.88 Å². The molecule has 0 aromatic carbocycles. The number of aromatic nitrogens is 2. The van der Waals surface area contributed by atoms with Crippen LogP contribution in [0.4, 0.5) is 5.95 Å². The van der Waals surface area contributed by atoms with Gasteiger partial charge in [-0.05, 0) is 65.7 Å². The van der Waals surface area contributed by atoms with Gasteiger partial charge < -0.3 is 10.1 Å². The first-order chi connectivity index (χ1) is 13.1. The van der Waals surface area contributed by atoms with Crippen LogP contribution >= 0.6 is 0 Å². The predicted octanol–water partition coefficient (Wildman–Crippen LogP) is 3.65. The van der Waals surface area contributed by atoms with Gasteiger partial charge in [0.25, 0.3) is 0 Å². The number of anilines is 1. The van der Waals surface area contributed by atoms with Crippen molar-refractivity contribution in [3.63, 3.8) is 0 Å². The topological polar surface area (TPSA) is 93.2 Å². The number of aryl methyl sites for hydroxylation is 1. The number of nitrogens with zero attached hydrogens (tertiary/aromatic N) is 2. The zero-order valence-electron chi connectivity index (χ0n) is 17.9. The van der Waals surface area contributed by atoms with E-state index in [1.165, 1.54) is 0 Å². The van der Waals surface area contributed by atoms with E-state index in [2.05, 4.69) is 26.9 Å². The van der Waals surface area contributed by atoms with Gasteiger partial charge in [-0.3, -0.25) is 0 Å². The van der Waals surface area contributed by atoms with Crippen molar-refractivity contribution < 1.29 is 13.2 Å². The van der Waals surface area contributed by atoms with Gasteiger partial charge in [-0.15, -0.1) is 0 Å². The molecule has 1 aromatic rings. The molecule has 1 aromatic heterocycles. The van der Waals surface area contributed by atoms with Crippen molar-refractivity contribution in [3.05, 3.63) is 11.8 Å². The molecule has 0 spiro atoms. The number of unbranched alkanes of at least 4 members (excludes halogenated alkanes) is 1. The Balaban J connectivity index is 1.81. The van der Waals surface area contributed by atoms with Crippen LogP contribution in [-0.4, -0.2) is 42.3 Å². The van der Waals surface area contributed by atoms with E-state index in [4.69, 9.17) is 4.74 Å². The van der Waals surface area contributed by atoms with Gasteiger partial charge >= 0.3 is 0 Å². The molecule has 0 saturated heterocycles. The summed E-state index contributed by atoms with van der Waals surface area (Å²) in [4.78, 5) is 8.89. The lowest BCUT2D eigenvalue weighted by Crippen LogP contribution is -2.46. The molecular weight excluding hydrogens is 376 g/mol. The maximum Gasteiger partial charge on any atom is 0.226 e. The van der Waals surface area contributed by atoms with Crippen molar-refractivity contribution in [2.45, 2.75) is 83.9 Å². The minimum Gasteiger partial charge on any atom is -0.478 e. The molecule has 0 atom stereocenters. The van der Waals surface area contributed by atoms with Gasteiger partial charge in [0.15, 0.2) is 0 Å². The Kier molecular flexibility index (Phi) is 8.07. The quantitative estimate of drug-likeness (QED) is 0.601. The fourth-order valence-electron chi connectivity index (χ4n) is 3.13. The Labute approximate surface area is 170 Å². The van der Waals surface area contributed by atoms with E-state index in [-0.39, 0.29) is 6.04 Å². The second-order valence-electron chi connectivity index (χ2n) is 8.71. The summed E-state index contributed by atoms with van der Waals surface area (Å²) in [5, 5.41) is 3.33. The number of sulfonamides is 1. The van der Waals surface area contributed by atoms with E-state index in [1.54, 1.807) is 20.8 Å². The van der Waals surface area contributed by atoms with Crippen LogP contribution in [0, 0.1) is 12.8 Å². The lowest BCUT2D eigenvalue weighted by atomic mass is 9.86. The zero-order chi connectivity index (χ0) is 20.8. The molecule has 1 fully saturated rings. The summed E-state index contributed by atoms with van der Waals surface area (Å²) in [6.45, 7) is 10.7. The second-order valence-corrected chi connectivity index (χ2v) is 11.2. The van der Waals surface area contributed by atoms with Gasteiger partial charge in [0, 0.05) is 24.3 Å². The first-order valence-corrected chi connectivity index (χ1v) is 11.8. The second kappa shape index (κ2) is 9.87. The molecule has 0 bridgehead atoms. The normalized spacial score (nSPS) is 20.8. The van der Waals surface area contributed by atoms with Crippen LogP contribution < -0.4 is 14.8 Å². The zero-order valence-corrected chi connectivity index (χ0v) is 18.7. The van der Waals surface area contributed by atoms with Crippen molar-refractivity contribution in [1.29, 1.82) is 0 Å². The molecule has 0 radical (unpaired) electrons. The van der Waals surface area contributed by atoms with E-state index < -0.39 is 14.8 Å². The third-order valence-electron chi connectivity index (χ3n) is 5.10. The third-order valence-corrected chi connectivity index (χ3v) is 7.36. The first kappa shape index (κ1) is 22.9. The molecule has 28 heavy (non-hydrogen) atoms. The molecule has 1 aliphatic rings. The average molecular weight is 413 g/mol. The molecule has 0 amide bonds. The largest absolute Gasteiger partial charge is 0.478 e. The van der Waals surface area contributed by atoms with Crippen molar-refractivity contribution in [2.24, 2.45) is 5.92 Å². The molecule has 2 N–H and O–H groups in total. The van der Waals surface area contributed by atoms with E-state index in [1.807, 2.05) is 13.0 Å². The van der Waals surface area contributed by atoms with Crippen molar-refractivity contribution in [1.82, 2.24) is 14.7 Å². The number of hydrogen-bond donors (Lipinski definition) is 2. The standard InChI is InChI=1S/C20H36N4O3S/c1-6-7-12-27-18-13-15(2)22-19(23-18)21-14-16-8-10-17(11-9-16)24-28(25,26)20(3,4)5/h13,16-17,24H,6-12,14H2,1-5H3,(H,21,22,23)/t16-,17-. The molecule has 2 rings (SSSR count). The molecule has 0 unspecified atom stereocenters. The fraction of sp³-hybridized carbons (Fsp3) is 0.800. The van der Waals surface area contributed by atoms with E-state index in [9.17, 15) is 8.42 Å². The van der Waals surface area contributed by atoms with Gasteiger partial charge in [-0.2, -0.15) is 4.98 Å². The molecule has 1 saturated carbocycles. The van der Waals surface area contributed by atoms with Gasteiger partial charge in [-0.25, -0.2) is 18.1 Å². The number of ether oxygens (including phenoxy) is 1. The summed E-state index contributed by atoms with van der Waals surface area (Å²) >= 11 is 0. The average Bonchev–Trinajstić information content (AvgIpc) is 2.60. The fourth-order valence-corrected chi connectivity index (χ4v) is 4.16. The van der Waals surface area contributed by atoms with Crippen LogP contribution in [0.2, 0.25) is 0 Å². The highest BCUT2D eigenvalue weighted by Gasteiger charge is 2.32. The van der Waals surface area contributed by atoms with Gasteiger partial charge in [0.2, 0.25) is 21.9 Å². The van der Waals surface area contributed by atoms with Crippen LogP contribution in [0.15, 0.2) is 6.07 Å². The highest BCUT2D eigenvalue weighted by atomic mass is 32.2. The van der Waals surface area contributed by atoms with Crippen LogP contribution in [-0.2, 0) is 10.0 Å². The van der Waals surface area contributed by atoms with Crippen molar-refractivity contribution in [2.75, 3.05) is 18.5 Å². The van der Waals surface area contributed by atoms with Crippen molar-refractivity contribution in [3.8, 4) is 5.88 Å². The molecule has 8 heteroatoms. The molecule has 0 aliphatic heterocycles. The summed E-state index contributed by atoms with van der Waals surface area (Å²) < 4.78 is 32.4. The highest BCUT2D eigenvalue weighted by Crippen LogP contribution is 2.26. The number of hydrogen-bond acceptors (Lipinski definition) is 6. The number of rotatable bonds is 9. The lowest BCUT2D eigenvalue weighted by Gasteiger charge is -2.31. The molecule has 160 valence electrons. The summed E-state index contributed by atoms with van der Waals surface area (Å²) in [6, 6.07) is 1.89. The summed E-state index contributed by atoms with van der Waals surface area (Å²) in [5.41, 5.74) is 0.879. The molecule has 1 heterocycles. The Morgan fingerprint density at radius 3 is 2.46 bits per heavy atom. The van der Waals surface area contributed by atoms with Crippen molar-refractivity contribution >= 4 is 16.0 Å². The van der Waals surface area contributed by atoms with Crippen LogP contribution in [0.3, 0.4) is 0 Å². The predicted molar refractivity (Wildman–Crippen MR) is 113 cm³/mol. The third kappa shape index (κ3) is 6.88. The van der Waals surface area contributed by atoms with Gasteiger partial charge in [0.05, 0.1) is 11.4 Å². The van der Waals surface area contributed by atoms with Gasteiger partial charge in [-0.1, -0.05) is 13.3 Å². The van der Waals surface area contributed by atoms with E-state index in [0.29, 0.717) is 24.4 Å². The summed E-state index contributed by atoms with van der Waals surface area (Å²) in [6.07, 6.45) is 5.78. The van der Waals surface area contributed by atoms with Crippen LogP contribution in [0.1, 0.15) is 71.9 Å². The SMILES string of the molecule is CCCCOc1cc(C)nc(NC[C@H]2CC[C@H](NS(=O)(=O)C(C)(C)C)CC2)n1. The smallest absolute Gasteiger partial charge is 0.226 e. The Bertz CT molecular complexity index is 723. The molecule has 7 nitrogen and oxygen atoms in total. The monoisotopic (exact) mass is 412 g/mol. The first-order valence-electron chi connectivity index (χ1n) is 10.3. The maximum atomic E-state index is 12.3. The minimum atomic E-state index is -3.29. The van der Waals surface area contributed by atoms with E-state index >= 15 is 0 Å². The minimum absolute atomic E-state index is 0.0364. The summed E-state index contributed by atoms with van der Waals surface area (Å²) in [7, 11) is -3.29. The lowest BCUT2D eigenvalue weighted by molar-refractivity contribution is 0.297. The molecular formula is C20H36N4O3S. The maximum absolute atomic E-state index is 12.3. The molecule has 1 aliphatic carbocycles. The Morgan fingerprint density at radius 1 is 1.18 bits per heavy atom. The summed E-state index contributed by atoms with van der Waals surface area (Å²) in [5.74, 6) is 1.70. The van der Waals surface area contributed by atoms with E-state index in [0.717, 1.165) is 50.8 Å².